The maximum Gasteiger partial charge on any atom is 0.332 e. The Hall–Kier alpha value is -2.21. The van der Waals surface area contributed by atoms with Crippen molar-refractivity contribution in [3.8, 4) is 0 Å². The first-order valence-corrected chi connectivity index (χ1v) is 7.53. The largest absolute Gasteiger partial charge is 0.394 e. The van der Waals surface area contributed by atoms with Crippen molar-refractivity contribution in [2.24, 2.45) is 0 Å². The number of nitrogens with zero attached hydrogens (tertiary/aromatic N) is 3. The van der Waals surface area contributed by atoms with Crippen LogP contribution in [0.5, 0.6) is 0 Å². The normalized spacial score (nSPS) is 27.2. The van der Waals surface area contributed by atoms with Crippen LogP contribution in [-0.2, 0) is 11.3 Å². The Bertz CT molecular complexity index is 870. The average Bonchev–Trinajstić information content (AvgIpc) is 2.96. The van der Waals surface area contributed by atoms with Gasteiger partial charge in [-0.05, 0) is 6.42 Å². The van der Waals surface area contributed by atoms with Crippen molar-refractivity contribution in [2.45, 2.75) is 44.4 Å². The molecule has 11 nitrogen and oxygen atoms in total. The van der Waals surface area contributed by atoms with Crippen LogP contribution in [0.1, 0.15) is 19.6 Å². The van der Waals surface area contributed by atoms with E-state index in [0.29, 0.717) is 6.42 Å². The highest BCUT2D eigenvalue weighted by molar-refractivity contribution is 5.71. The second-order valence-corrected chi connectivity index (χ2v) is 5.66. The number of anilines is 1. The Morgan fingerprint density at radius 2 is 2.04 bits per heavy atom. The zero-order valence-electron chi connectivity index (χ0n) is 12.9. The molecule has 3 rings (SSSR count). The molecule has 2 aromatic rings. The van der Waals surface area contributed by atoms with E-state index in [9.17, 15) is 24.9 Å². The van der Waals surface area contributed by atoms with Crippen LogP contribution >= 0.6 is 0 Å². The second kappa shape index (κ2) is 6.02. The number of fused-ring (bicyclic) bond motifs is 1. The molecular weight excluding hydrogens is 322 g/mol. The van der Waals surface area contributed by atoms with Crippen molar-refractivity contribution in [1.29, 1.82) is 0 Å². The van der Waals surface area contributed by atoms with Crippen LogP contribution in [0.25, 0.3) is 11.2 Å². The summed E-state index contributed by atoms with van der Waals surface area (Å²) in [6.45, 7) is 1.56. The fraction of sp³-hybridized carbons (Fsp3) is 0.615. The molecule has 0 bridgehead atoms. The first-order chi connectivity index (χ1) is 11.4. The minimum atomic E-state index is -1.47. The summed E-state index contributed by atoms with van der Waals surface area (Å²) in [6.07, 6.45) is -4.61. The van der Waals surface area contributed by atoms with Crippen LogP contribution in [-0.4, -0.2) is 59.3 Å². The van der Waals surface area contributed by atoms with E-state index in [1.165, 1.54) is 4.57 Å². The highest BCUT2D eigenvalue weighted by Crippen LogP contribution is 2.30. The molecule has 0 spiro atoms. The van der Waals surface area contributed by atoms with Crippen molar-refractivity contribution >= 4 is 17.1 Å². The van der Waals surface area contributed by atoms with Gasteiger partial charge < -0.3 is 25.8 Å². The Labute approximate surface area is 134 Å². The first-order valence-electron chi connectivity index (χ1n) is 7.53. The monoisotopic (exact) mass is 341 g/mol. The number of H-pyrrole nitrogens is 1. The van der Waals surface area contributed by atoms with Gasteiger partial charge in [0.25, 0.3) is 5.56 Å². The van der Waals surface area contributed by atoms with E-state index in [0.717, 1.165) is 4.57 Å². The zero-order valence-corrected chi connectivity index (χ0v) is 12.9. The van der Waals surface area contributed by atoms with Crippen LogP contribution in [0.2, 0.25) is 0 Å². The molecule has 132 valence electrons. The summed E-state index contributed by atoms with van der Waals surface area (Å²) in [5, 5.41) is 29.3. The molecule has 0 saturated carbocycles. The third kappa shape index (κ3) is 2.33. The highest BCUT2D eigenvalue weighted by Gasteiger charge is 2.45. The lowest BCUT2D eigenvalue weighted by Crippen LogP contribution is -2.36. The summed E-state index contributed by atoms with van der Waals surface area (Å²) in [4.78, 5) is 31.2. The Kier molecular flexibility index (Phi) is 4.17. The number of hydrogen-bond donors (Lipinski definition) is 5. The summed E-state index contributed by atoms with van der Waals surface area (Å²) in [5.74, 6) is -0.193. The maximum atomic E-state index is 12.7. The van der Waals surface area contributed by atoms with Gasteiger partial charge in [0, 0.05) is 6.54 Å². The van der Waals surface area contributed by atoms with Gasteiger partial charge in [-0.2, -0.15) is 4.98 Å². The molecule has 0 amide bonds. The summed E-state index contributed by atoms with van der Waals surface area (Å²) in [7, 11) is 0. The summed E-state index contributed by atoms with van der Waals surface area (Å²) in [5.41, 5.74) is 4.30. The molecular formula is C13H19N5O6. The SMILES string of the molecule is CCCn1c(=O)n([C@@H]2O[C@H](CO)[C@@H](O)[C@H]2O)c2nc(N)[nH]c(=O)c21. The van der Waals surface area contributed by atoms with Gasteiger partial charge in [-0.25, -0.2) is 9.36 Å². The maximum absolute atomic E-state index is 12.7. The van der Waals surface area contributed by atoms with Crippen LogP contribution in [0.4, 0.5) is 5.95 Å². The first kappa shape index (κ1) is 16.6. The van der Waals surface area contributed by atoms with E-state index in [1.54, 1.807) is 0 Å². The number of nitrogen functional groups attached to an aromatic ring is 1. The van der Waals surface area contributed by atoms with Crippen molar-refractivity contribution in [1.82, 2.24) is 19.1 Å². The van der Waals surface area contributed by atoms with Gasteiger partial charge in [-0.3, -0.25) is 14.3 Å². The van der Waals surface area contributed by atoms with Crippen LogP contribution in [0.3, 0.4) is 0 Å². The molecule has 6 N–H and O–H groups in total. The molecule has 3 heterocycles. The summed E-state index contributed by atoms with van der Waals surface area (Å²) < 4.78 is 7.59. The lowest BCUT2D eigenvalue weighted by Gasteiger charge is -2.15. The number of aryl methyl sites for hydroxylation is 1. The molecule has 0 aromatic carbocycles. The third-order valence-electron chi connectivity index (χ3n) is 4.05. The van der Waals surface area contributed by atoms with Gasteiger partial charge in [0.15, 0.2) is 17.4 Å². The molecule has 24 heavy (non-hydrogen) atoms. The quantitative estimate of drug-likeness (QED) is 0.406. The lowest BCUT2D eigenvalue weighted by atomic mass is 10.1. The fourth-order valence-corrected chi connectivity index (χ4v) is 2.95. The van der Waals surface area contributed by atoms with Crippen molar-refractivity contribution in [3.05, 3.63) is 20.8 Å². The Morgan fingerprint density at radius 3 is 2.62 bits per heavy atom. The molecule has 4 atom stereocenters. The molecule has 2 aromatic heterocycles. The zero-order chi connectivity index (χ0) is 17.6. The number of hydrogen-bond acceptors (Lipinski definition) is 8. The number of rotatable bonds is 4. The second-order valence-electron chi connectivity index (χ2n) is 5.66. The number of aromatic nitrogens is 4. The van der Waals surface area contributed by atoms with Gasteiger partial charge in [-0.15, -0.1) is 0 Å². The number of nitrogens with two attached hydrogens (primary N) is 1. The molecule has 1 aliphatic heterocycles. The predicted octanol–water partition coefficient (Wildman–Crippen LogP) is -2.51. The Morgan fingerprint density at radius 1 is 1.33 bits per heavy atom. The molecule has 1 fully saturated rings. The van der Waals surface area contributed by atoms with Gasteiger partial charge in [0.2, 0.25) is 5.95 Å². The van der Waals surface area contributed by atoms with Crippen LogP contribution < -0.4 is 17.0 Å². The molecule has 1 saturated heterocycles. The van der Waals surface area contributed by atoms with Crippen LogP contribution in [0, 0.1) is 0 Å². The number of ether oxygens (including phenoxy) is 1. The van der Waals surface area contributed by atoms with Crippen LogP contribution in [0.15, 0.2) is 9.59 Å². The standard InChI is InChI=1S/C13H19N5O6/c1-2-3-17-6-9(15-12(14)16-10(6)22)18(13(17)23)11-8(21)7(20)5(4-19)24-11/h5,7-8,11,19-21H,2-4H2,1H3,(H3,14,15,16,22)/t5-,7-,8-,11-/m1/s1. The molecule has 1 aliphatic rings. The minimum absolute atomic E-state index is 0.00814. The topological polar surface area (TPSA) is 169 Å². The number of imidazole rings is 1. The van der Waals surface area contributed by atoms with E-state index in [2.05, 4.69) is 9.97 Å². The molecule has 0 aliphatic carbocycles. The van der Waals surface area contributed by atoms with E-state index in [4.69, 9.17) is 10.5 Å². The summed E-state index contributed by atoms with van der Waals surface area (Å²) in [6, 6.07) is 0. The fourth-order valence-electron chi connectivity index (χ4n) is 2.95. The van der Waals surface area contributed by atoms with E-state index in [-0.39, 0.29) is 23.7 Å². The third-order valence-corrected chi connectivity index (χ3v) is 4.05. The predicted molar refractivity (Wildman–Crippen MR) is 82.3 cm³/mol. The van der Waals surface area contributed by atoms with E-state index in [1.807, 2.05) is 6.92 Å². The van der Waals surface area contributed by atoms with E-state index >= 15 is 0 Å². The van der Waals surface area contributed by atoms with Crippen molar-refractivity contribution in [3.63, 3.8) is 0 Å². The van der Waals surface area contributed by atoms with Crippen molar-refractivity contribution < 1.29 is 20.1 Å². The number of aromatic amines is 1. The van der Waals surface area contributed by atoms with Gasteiger partial charge in [0.1, 0.15) is 18.3 Å². The Balaban J connectivity index is 2.27. The van der Waals surface area contributed by atoms with Gasteiger partial charge in [0.05, 0.1) is 6.61 Å². The number of aliphatic hydroxyl groups is 3. The average molecular weight is 341 g/mol. The van der Waals surface area contributed by atoms with Crippen molar-refractivity contribution in [2.75, 3.05) is 12.3 Å². The minimum Gasteiger partial charge on any atom is -0.394 e. The number of aliphatic hydroxyl groups excluding tert-OH is 3. The molecule has 11 heteroatoms. The van der Waals surface area contributed by atoms with Gasteiger partial charge in [-0.1, -0.05) is 6.92 Å². The van der Waals surface area contributed by atoms with E-state index < -0.39 is 42.4 Å². The highest BCUT2D eigenvalue weighted by atomic mass is 16.6. The number of nitrogens with one attached hydrogen (secondary N) is 1. The molecule has 0 unspecified atom stereocenters. The summed E-state index contributed by atoms with van der Waals surface area (Å²) >= 11 is 0. The lowest BCUT2D eigenvalue weighted by molar-refractivity contribution is -0.0528. The van der Waals surface area contributed by atoms with Gasteiger partial charge >= 0.3 is 5.69 Å². The smallest absolute Gasteiger partial charge is 0.332 e. The molecule has 0 radical (unpaired) electrons.